The highest BCUT2D eigenvalue weighted by molar-refractivity contribution is 9.10. The van der Waals surface area contributed by atoms with Gasteiger partial charge in [0.05, 0.1) is 6.54 Å². The Hall–Kier alpha value is -2.09. The predicted molar refractivity (Wildman–Crippen MR) is 98.2 cm³/mol. The predicted octanol–water partition coefficient (Wildman–Crippen LogP) is 1.11. The quantitative estimate of drug-likeness (QED) is 0.592. The number of hydrogen-bond donors (Lipinski definition) is 2. The maximum Gasteiger partial charge on any atom is 0.276 e. The summed E-state index contributed by atoms with van der Waals surface area (Å²) < 4.78 is 2.18. The summed E-state index contributed by atoms with van der Waals surface area (Å²) in [4.78, 5) is 30.1. The molecule has 1 fully saturated rings. The van der Waals surface area contributed by atoms with Crippen LogP contribution < -0.4 is 16.6 Å². The minimum absolute atomic E-state index is 0.0416. The van der Waals surface area contributed by atoms with Gasteiger partial charge in [0.1, 0.15) is 11.5 Å². The number of aliphatic imine (C=N–C) groups is 1. The summed E-state index contributed by atoms with van der Waals surface area (Å²) in [7, 11) is 1.65. The molecule has 1 saturated heterocycles. The normalized spacial score (nSPS) is 17.3. The molecule has 3 N–H and O–H groups in total. The number of nitrogens with zero attached hydrogens (tertiary/aromatic N) is 3. The van der Waals surface area contributed by atoms with Gasteiger partial charge in [-0.05, 0) is 22.0 Å². The fraction of sp³-hybridized carbons (Fsp3) is 0.438. The van der Waals surface area contributed by atoms with E-state index in [1.165, 1.54) is 4.57 Å². The number of carbonyl (C=O) groups is 1. The van der Waals surface area contributed by atoms with E-state index in [9.17, 15) is 9.59 Å². The van der Waals surface area contributed by atoms with E-state index in [1.807, 2.05) is 13.8 Å². The first-order valence-electron chi connectivity index (χ1n) is 7.71. The third kappa shape index (κ3) is 4.47. The number of amidine groups is 1. The second-order valence-corrected chi connectivity index (χ2v) is 6.92. The van der Waals surface area contributed by atoms with Crippen molar-refractivity contribution < 1.29 is 4.79 Å². The number of nitrogens with one attached hydrogen (secondary N) is 1. The molecule has 0 bridgehead atoms. The summed E-state index contributed by atoms with van der Waals surface area (Å²) in [5, 5.41) is 3.21. The lowest BCUT2D eigenvalue weighted by atomic mass is 10.1. The number of rotatable bonds is 3. The summed E-state index contributed by atoms with van der Waals surface area (Å²) in [6.45, 7) is 5.55. The Morgan fingerprint density at radius 2 is 2.21 bits per heavy atom. The van der Waals surface area contributed by atoms with Crippen molar-refractivity contribution in [1.29, 1.82) is 0 Å². The van der Waals surface area contributed by atoms with Crippen LogP contribution in [0.4, 0.5) is 5.69 Å². The lowest BCUT2D eigenvalue weighted by Gasteiger charge is -2.31. The van der Waals surface area contributed by atoms with Crippen LogP contribution in [0.5, 0.6) is 0 Å². The Balaban J connectivity index is 2.21. The zero-order valence-electron chi connectivity index (χ0n) is 14.0. The monoisotopic (exact) mass is 395 g/mol. The van der Waals surface area contributed by atoms with Crippen molar-refractivity contribution in [1.82, 2.24) is 14.8 Å². The Morgan fingerprint density at radius 3 is 2.88 bits per heavy atom. The minimum Gasteiger partial charge on any atom is -0.385 e. The van der Waals surface area contributed by atoms with E-state index in [2.05, 4.69) is 26.2 Å². The van der Waals surface area contributed by atoms with E-state index in [1.54, 1.807) is 30.3 Å². The summed E-state index contributed by atoms with van der Waals surface area (Å²) in [6, 6.07) is 1.62. The van der Waals surface area contributed by atoms with Crippen LogP contribution >= 0.6 is 15.9 Å². The van der Waals surface area contributed by atoms with Gasteiger partial charge in [0, 0.05) is 48.5 Å². The van der Waals surface area contributed by atoms with E-state index in [0.29, 0.717) is 19.6 Å². The first-order chi connectivity index (χ1) is 11.3. The van der Waals surface area contributed by atoms with Gasteiger partial charge in [-0.25, -0.2) is 4.99 Å². The summed E-state index contributed by atoms with van der Waals surface area (Å²) in [6.07, 6.45) is 3.33. The van der Waals surface area contributed by atoms with Crippen molar-refractivity contribution in [3.63, 3.8) is 0 Å². The van der Waals surface area contributed by atoms with Crippen molar-refractivity contribution in [2.75, 3.05) is 19.6 Å². The maximum absolute atomic E-state index is 12.1. The Morgan fingerprint density at radius 1 is 1.50 bits per heavy atom. The van der Waals surface area contributed by atoms with Crippen molar-refractivity contribution in [2.45, 2.75) is 13.8 Å². The Bertz CT molecular complexity index is 751. The number of hydrogen-bond acceptors (Lipinski definition) is 4. The molecule has 1 aromatic rings. The van der Waals surface area contributed by atoms with Gasteiger partial charge in [-0.2, -0.15) is 0 Å². The van der Waals surface area contributed by atoms with Gasteiger partial charge in [-0.1, -0.05) is 13.8 Å². The molecule has 0 atom stereocenters. The maximum atomic E-state index is 12.1. The summed E-state index contributed by atoms with van der Waals surface area (Å²) in [5.41, 5.74) is 6.79. The molecule has 1 aliphatic rings. The number of aromatic nitrogens is 1. The second-order valence-electron chi connectivity index (χ2n) is 6.01. The van der Waals surface area contributed by atoms with E-state index < -0.39 is 0 Å². The third-order valence-electron chi connectivity index (χ3n) is 3.60. The molecule has 130 valence electrons. The van der Waals surface area contributed by atoms with E-state index in [-0.39, 0.29) is 28.9 Å². The number of carbonyl (C=O) groups excluding carboxylic acids is 1. The van der Waals surface area contributed by atoms with Crippen LogP contribution in [-0.2, 0) is 11.8 Å². The highest BCUT2D eigenvalue weighted by atomic mass is 79.9. The zero-order valence-corrected chi connectivity index (χ0v) is 15.6. The number of halogens is 1. The standard InChI is InChI=1S/C16H22BrN5O2/c1-10(2)15(23)22-5-4-19-12(9-22)7-14(18)20-13-6-11(17)8-21(3)16(13)24/h6-8,10,19H,4-5,9H2,1-3H3,(H2,18,20)/b12-7-. The van der Waals surface area contributed by atoms with Gasteiger partial charge in [0.15, 0.2) is 0 Å². The van der Waals surface area contributed by atoms with Crippen LogP contribution in [0, 0.1) is 5.92 Å². The van der Waals surface area contributed by atoms with Gasteiger partial charge in [0.25, 0.3) is 5.56 Å². The van der Waals surface area contributed by atoms with Crippen molar-refractivity contribution in [3.8, 4) is 0 Å². The molecule has 1 aromatic heterocycles. The van der Waals surface area contributed by atoms with Crippen LogP contribution in [0.15, 0.2) is 38.3 Å². The molecule has 2 heterocycles. The fourth-order valence-electron chi connectivity index (χ4n) is 2.43. The lowest BCUT2D eigenvalue weighted by Crippen LogP contribution is -2.46. The number of piperazine rings is 1. The topological polar surface area (TPSA) is 92.7 Å². The largest absolute Gasteiger partial charge is 0.385 e. The molecule has 0 spiro atoms. The van der Waals surface area contributed by atoms with Crippen LogP contribution in [0.2, 0.25) is 0 Å². The summed E-state index contributed by atoms with van der Waals surface area (Å²) >= 11 is 3.33. The average Bonchev–Trinajstić information content (AvgIpc) is 2.51. The van der Waals surface area contributed by atoms with E-state index >= 15 is 0 Å². The molecule has 24 heavy (non-hydrogen) atoms. The molecule has 0 aliphatic carbocycles. The minimum atomic E-state index is -0.229. The smallest absolute Gasteiger partial charge is 0.276 e. The molecule has 2 rings (SSSR count). The van der Waals surface area contributed by atoms with Gasteiger partial charge >= 0.3 is 0 Å². The molecule has 1 aliphatic heterocycles. The number of aryl methyl sites for hydroxylation is 1. The fourth-order valence-corrected chi connectivity index (χ4v) is 2.95. The van der Waals surface area contributed by atoms with Crippen LogP contribution in [0.25, 0.3) is 0 Å². The first-order valence-corrected chi connectivity index (χ1v) is 8.51. The zero-order chi connectivity index (χ0) is 17.9. The van der Waals surface area contributed by atoms with Gasteiger partial charge in [0.2, 0.25) is 5.91 Å². The van der Waals surface area contributed by atoms with Crippen molar-refractivity contribution in [3.05, 3.63) is 38.9 Å². The average molecular weight is 396 g/mol. The number of amides is 1. The molecular weight excluding hydrogens is 374 g/mol. The van der Waals surface area contributed by atoms with E-state index in [4.69, 9.17) is 5.73 Å². The van der Waals surface area contributed by atoms with Crippen LogP contribution in [0.1, 0.15) is 13.8 Å². The second kappa shape index (κ2) is 7.65. The third-order valence-corrected chi connectivity index (χ3v) is 4.04. The molecule has 0 aromatic carbocycles. The van der Waals surface area contributed by atoms with E-state index in [0.717, 1.165) is 10.2 Å². The molecule has 0 saturated carbocycles. The molecule has 8 heteroatoms. The molecule has 0 unspecified atom stereocenters. The van der Waals surface area contributed by atoms with Gasteiger partial charge in [-0.3, -0.25) is 9.59 Å². The van der Waals surface area contributed by atoms with Crippen LogP contribution in [0.3, 0.4) is 0 Å². The van der Waals surface area contributed by atoms with Crippen molar-refractivity contribution >= 4 is 33.4 Å². The highest BCUT2D eigenvalue weighted by Gasteiger charge is 2.21. The number of pyridine rings is 1. The van der Waals surface area contributed by atoms with Crippen LogP contribution in [-0.4, -0.2) is 40.8 Å². The van der Waals surface area contributed by atoms with Gasteiger partial charge in [-0.15, -0.1) is 0 Å². The first kappa shape index (κ1) is 18.3. The van der Waals surface area contributed by atoms with Crippen molar-refractivity contribution in [2.24, 2.45) is 23.7 Å². The molecule has 7 nitrogen and oxygen atoms in total. The Kier molecular flexibility index (Phi) is 5.82. The Labute approximate surface area is 149 Å². The molecule has 0 radical (unpaired) electrons. The van der Waals surface area contributed by atoms with Gasteiger partial charge < -0.3 is 20.5 Å². The lowest BCUT2D eigenvalue weighted by molar-refractivity contribution is -0.134. The summed E-state index contributed by atoms with van der Waals surface area (Å²) in [5.74, 6) is 0.283. The number of nitrogens with two attached hydrogens (primary N) is 1. The molecular formula is C16H22BrN5O2. The molecule has 1 amide bonds. The highest BCUT2D eigenvalue weighted by Crippen LogP contribution is 2.14. The SMILES string of the molecule is CC(C)C(=O)N1CCN/C(=C\C(N)=Nc2cc(Br)cn(C)c2=O)C1.